The number of hydrogen-bond donors (Lipinski definition) is 2. The molecule has 1 unspecified atom stereocenters. The van der Waals surface area contributed by atoms with Crippen LogP contribution in [0.25, 0.3) is 0 Å². The van der Waals surface area contributed by atoms with Crippen LogP contribution in [0.1, 0.15) is 50.4 Å². The molecular weight excluding hydrogens is 428 g/mol. The highest BCUT2D eigenvalue weighted by Crippen LogP contribution is 2.28. The van der Waals surface area contributed by atoms with Gasteiger partial charge < -0.3 is 20.2 Å². The van der Waals surface area contributed by atoms with Gasteiger partial charge in [0, 0.05) is 58.0 Å². The Labute approximate surface area is 196 Å². The van der Waals surface area contributed by atoms with Crippen molar-refractivity contribution in [1.82, 2.24) is 14.7 Å². The zero-order valence-corrected chi connectivity index (χ0v) is 20.7. The van der Waals surface area contributed by atoms with E-state index in [-0.39, 0.29) is 17.7 Å². The lowest BCUT2D eigenvalue weighted by molar-refractivity contribution is -0.155. The van der Waals surface area contributed by atoms with Crippen molar-refractivity contribution >= 4 is 29.1 Å². The average Bonchev–Trinajstić information content (AvgIpc) is 3.21. The molecule has 2 saturated heterocycles. The minimum Gasteiger partial charge on any atom is -0.381 e. The van der Waals surface area contributed by atoms with E-state index in [4.69, 9.17) is 11.6 Å². The summed E-state index contributed by atoms with van der Waals surface area (Å²) in [5, 5.41) is 14.5. The standard InChI is InChI=1S/C24H37ClN4O3/c1-16(2)24(3,32)23(31)28-12-9-19(10-13-28)29-11-8-18(15-29)26-17-6-7-20(21(25)14-17)22(30)27(4)5/h6-7,14,16,18-19,26,32H,8-13,15H2,1-5H3/t18-,24?/m0/s1. The van der Waals surface area contributed by atoms with Crippen molar-refractivity contribution in [3.8, 4) is 0 Å². The third-order valence-electron chi connectivity index (χ3n) is 7.02. The van der Waals surface area contributed by atoms with Crippen LogP contribution in [0.15, 0.2) is 18.2 Å². The van der Waals surface area contributed by atoms with E-state index >= 15 is 0 Å². The van der Waals surface area contributed by atoms with Crippen LogP contribution in [0.4, 0.5) is 5.69 Å². The SMILES string of the molecule is CC(C)C(C)(O)C(=O)N1CCC(N2CC[C@H](Nc3ccc(C(=O)N(C)C)c(Cl)c3)C2)CC1. The number of halogens is 1. The molecule has 2 aliphatic heterocycles. The van der Waals surface area contributed by atoms with Crippen molar-refractivity contribution in [2.24, 2.45) is 5.92 Å². The molecule has 0 aromatic heterocycles. The average molecular weight is 465 g/mol. The molecule has 1 aromatic rings. The Morgan fingerprint density at radius 1 is 1.19 bits per heavy atom. The summed E-state index contributed by atoms with van der Waals surface area (Å²) in [6.45, 7) is 8.73. The van der Waals surface area contributed by atoms with Gasteiger partial charge in [-0.2, -0.15) is 0 Å². The van der Waals surface area contributed by atoms with Crippen LogP contribution in [-0.4, -0.2) is 89.6 Å². The van der Waals surface area contributed by atoms with E-state index in [1.54, 1.807) is 27.1 Å². The van der Waals surface area contributed by atoms with Gasteiger partial charge in [-0.05, 0) is 50.3 Å². The molecule has 2 N–H and O–H groups in total. The lowest BCUT2D eigenvalue weighted by Gasteiger charge is -2.40. The van der Waals surface area contributed by atoms with E-state index in [9.17, 15) is 14.7 Å². The van der Waals surface area contributed by atoms with E-state index in [0.717, 1.165) is 38.0 Å². The molecule has 0 aliphatic carbocycles. The fourth-order valence-electron chi connectivity index (χ4n) is 4.49. The smallest absolute Gasteiger partial charge is 0.254 e. The summed E-state index contributed by atoms with van der Waals surface area (Å²) in [6.07, 6.45) is 2.90. The van der Waals surface area contributed by atoms with Crippen molar-refractivity contribution in [2.75, 3.05) is 45.6 Å². The van der Waals surface area contributed by atoms with E-state index in [2.05, 4.69) is 10.2 Å². The molecule has 7 nitrogen and oxygen atoms in total. The number of piperidine rings is 1. The van der Waals surface area contributed by atoms with Crippen molar-refractivity contribution in [3.05, 3.63) is 28.8 Å². The Balaban J connectivity index is 1.51. The molecule has 0 spiro atoms. The van der Waals surface area contributed by atoms with E-state index in [0.29, 0.717) is 35.8 Å². The first-order valence-electron chi connectivity index (χ1n) is 11.5. The van der Waals surface area contributed by atoms with Crippen molar-refractivity contribution in [3.63, 3.8) is 0 Å². The molecule has 2 amide bonds. The van der Waals surface area contributed by atoms with Crippen LogP contribution in [0.2, 0.25) is 5.02 Å². The van der Waals surface area contributed by atoms with Crippen LogP contribution in [-0.2, 0) is 4.79 Å². The van der Waals surface area contributed by atoms with Gasteiger partial charge in [-0.3, -0.25) is 14.5 Å². The van der Waals surface area contributed by atoms with Gasteiger partial charge >= 0.3 is 0 Å². The van der Waals surface area contributed by atoms with Gasteiger partial charge in [-0.15, -0.1) is 0 Å². The number of carbonyl (C=O) groups is 2. The van der Waals surface area contributed by atoms with Crippen molar-refractivity contribution < 1.29 is 14.7 Å². The normalized spacial score (nSPS) is 22.1. The van der Waals surface area contributed by atoms with Gasteiger partial charge in [-0.1, -0.05) is 25.4 Å². The minimum absolute atomic E-state index is 0.103. The lowest BCUT2D eigenvalue weighted by atomic mass is 9.90. The second-order valence-electron chi connectivity index (χ2n) is 9.84. The highest BCUT2D eigenvalue weighted by Gasteiger charge is 2.39. The third kappa shape index (κ3) is 5.38. The number of hydrogen-bond acceptors (Lipinski definition) is 5. The molecule has 178 valence electrons. The summed E-state index contributed by atoms with van der Waals surface area (Å²) in [4.78, 5) is 30.7. The number of carbonyl (C=O) groups excluding carboxylic acids is 2. The summed E-state index contributed by atoms with van der Waals surface area (Å²) in [5.41, 5.74) is 0.130. The molecule has 0 radical (unpaired) electrons. The van der Waals surface area contributed by atoms with Crippen LogP contribution in [0.3, 0.4) is 0 Å². The maximum Gasteiger partial charge on any atom is 0.254 e. The molecule has 2 fully saturated rings. The monoisotopic (exact) mass is 464 g/mol. The van der Waals surface area contributed by atoms with Crippen LogP contribution in [0.5, 0.6) is 0 Å². The topological polar surface area (TPSA) is 76.1 Å². The fraction of sp³-hybridized carbons (Fsp3) is 0.667. The summed E-state index contributed by atoms with van der Waals surface area (Å²) in [7, 11) is 3.43. The number of aliphatic hydroxyl groups is 1. The summed E-state index contributed by atoms with van der Waals surface area (Å²) in [5.74, 6) is -0.366. The van der Waals surface area contributed by atoms with Gasteiger partial charge in [0.15, 0.2) is 0 Å². The molecule has 8 heteroatoms. The predicted molar refractivity (Wildman–Crippen MR) is 128 cm³/mol. The Morgan fingerprint density at radius 2 is 1.84 bits per heavy atom. The van der Waals surface area contributed by atoms with Gasteiger partial charge in [0.2, 0.25) is 0 Å². The molecule has 1 aromatic carbocycles. The Bertz CT molecular complexity index is 835. The summed E-state index contributed by atoms with van der Waals surface area (Å²) >= 11 is 6.35. The maximum absolute atomic E-state index is 12.7. The summed E-state index contributed by atoms with van der Waals surface area (Å²) < 4.78 is 0. The third-order valence-corrected chi connectivity index (χ3v) is 7.33. The summed E-state index contributed by atoms with van der Waals surface area (Å²) in [6, 6.07) is 6.29. The number of amides is 2. The Morgan fingerprint density at radius 3 is 2.41 bits per heavy atom. The van der Waals surface area contributed by atoms with E-state index in [1.165, 1.54) is 4.90 Å². The fourth-order valence-corrected chi connectivity index (χ4v) is 4.75. The number of likely N-dealkylation sites (tertiary alicyclic amines) is 2. The van der Waals surface area contributed by atoms with Crippen LogP contribution in [0, 0.1) is 5.92 Å². The molecule has 32 heavy (non-hydrogen) atoms. The Kier molecular flexibility index (Phi) is 7.73. The number of nitrogens with zero attached hydrogens (tertiary/aromatic N) is 3. The first-order valence-corrected chi connectivity index (χ1v) is 11.9. The molecule has 2 atom stereocenters. The molecule has 2 aliphatic rings. The van der Waals surface area contributed by atoms with E-state index < -0.39 is 5.60 Å². The highest BCUT2D eigenvalue weighted by atomic mass is 35.5. The van der Waals surface area contributed by atoms with Gasteiger partial charge in [0.1, 0.15) is 5.60 Å². The van der Waals surface area contributed by atoms with Gasteiger partial charge in [0.05, 0.1) is 10.6 Å². The van der Waals surface area contributed by atoms with Gasteiger partial charge in [0.25, 0.3) is 11.8 Å². The zero-order chi connectivity index (χ0) is 23.6. The molecule has 3 rings (SSSR count). The highest BCUT2D eigenvalue weighted by molar-refractivity contribution is 6.34. The number of rotatable bonds is 6. The first kappa shape index (κ1) is 24.8. The quantitative estimate of drug-likeness (QED) is 0.677. The van der Waals surface area contributed by atoms with Crippen molar-refractivity contribution in [1.29, 1.82) is 0 Å². The molecule has 2 heterocycles. The number of anilines is 1. The maximum atomic E-state index is 12.7. The van der Waals surface area contributed by atoms with Gasteiger partial charge in [-0.25, -0.2) is 0 Å². The predicted octanol–water partition coefficient (Wildman–Crippen LogP) is 2.93. The molecule has 0 bridgehead atoms. The van der Waals surface area contributed by atoms with Crippen molar-refractivity contribution in [2.45, 2.75) is 57.7 Å². The largest absolute Gasteiger partial charge is 0.381 e. The molecule has 0 saturated carbocycles. The Hall–Kier alpha value is -1.83. The lowest BCUT2D eigenvalue weighted by Crippen LogP contribution is -2.54. The second-order valence-corrected chi connectivity index (χ2v) is 10.3. The van der Waals surface area contributed by atoms with Crippen LogP contribution >= 0.6 is 11.6 Å². The van der Waals surface area contributed by atoms with E-state index in [1.807, 2.05) is 30.9 Å². The zero-order valence-electron chi connectivity index (χ0n) is 19.9. The minimum atomic E-state index is -1.30. The van der Waals surface area contributed by atoms with Crippen LogP contribution < -0.4 is 5.32 Å². The number of nitrogens with one attached hydrogen (secondary N) is 1. The second kappa shape index (κ2) is 9.98. The number of benzene rings is 1. The first-order chi connectivity index (χ1) is 15.0. The molecular formula is C24H37ClN4O3.